The zero-order valence-corrected chi connectivity index (χ0v) is 15.3. The van der Waals surface area contributed by atoms with Crippen LogP contribution in [0.1, 0.15) is 12.0 Å². The van der Waals surface area contributed by atoms with Crippen LogP contribution < -0.4 is 15.4 Å². The molecule has 0 fully saturated rings. The van der Waals surface area contributed by atoms with E-state index in [9.17, 15) is 4.39 Å². The summed E-state index contributed by atoms with van der Waals surface area (Å²) in [5.74, 6) is 0.516. The molecule has 0 bridgehead atoms. The Balaban J connectivity index is 1.55. The number of hydrogen-bond acceptors (Lipinski definition) is 3. The van der Waals surface area contributed by atoms with E-state index in [2.05, 4.69) is 15.6 Å². The first-order valence-electron chi connectivity index (χ1n) is 8.38. The van der Waals surface area contributed by atoms with Gasteiger partial charge in [0.1, 0.15) is 17.1 Å². The molecule has 26 heavy (non-hydrogen) atoms. The second-order valence-electron chi connectivity index (χ2n) is 5.83. The molecule has 0 radical (unpaired) electrons. The highest BCUT2D eigenvalue weighted by atomic mass is 32.1. The quantitative estimate of drug-likeness (QED) is 0.501. The van der Waals surface area contributed by atoms with E-state index in [1.165, 1.54) is 12.1 Å². The van der Waals surface area contributed by atoms with E-state index in [1.807, 2.05) is 36.4 Å². The molecule has 1 aromatic heterocycles. The van der Waals surface area contributed by atoms with Crippen LogP contribution in [0.3, 0.4) is 0 Å². The fraction of sp³-hybridized carbons (Fsp3) is 0.200. The number of thiocarbonyl (C=S) groups is 1. The van der Waals surface area contributed by atoms with Crippen molar-refractivity contribution in [3.63, 3.8) is 0 Å². The molecule has 6 heteroatoms. The molecule has 3 aromatic rings. The van der Waals surface area contributed by atoms with E-state index < -0.39 is 0 Å². The molecule has 0 atom stereocenters. The second-order valence-corrected chi connectivity index (χ2v) is 6.23. The molecule has 0 spiro atoms. The Morgan fingerprint density at radius 3 is 2.73 bits per heavy atom. The summed E-state index contributed by atoms with van der Waals surface area (Å²) in [6.07, 6.45) is 3.50. The summed E-state index contributed by atoms with van der Waals surface area (Å²) in [6.45, 7) is 0.732. The molecule has 0 amide bonds. The van der Waals surface area contributed by atoms with Gasteiger partial charge in [0.25, 0.3) is 0 Å². The van der Waals surface area contributed by atoms with Gasteiger partial charge in [0.2, 0.25) is 0 Å². The number of fused-ring (bicyclic) bond motifs is 1. The lowest BCUT2D eigenvalue weighted by Gasteiger charge is -2.13. The number of benzene rings is 2. The Labute approximate surface area is 157 Å². The maximum absolute atomic E-state index is 12.9. The maximum atomic E-state index is 12.9. The monoisotopic (exact) mass is 369 g/mol. The minimum atomic E-state index is -0.210. The number of anilines is 1. The lowest BCUT2D eigenvalue weighted by molar-refractivity contribution is 0.419. The van der Waals surface area contributed by atoms with Crippen molar-refractivity contribution < 1.29 is 9.13 Å². The van der Waals surface area contributed by atoms with Crippen molar-refractivity contribution in [1.82, 2.24) is 10.3 Å². The average molecular weight is 369 g/mol. The maximum Gasteiger partial charge on any atom is 0.170 e. The van der Waals surface area contributed by atoms with E-state index in [1.54, 1.807) is 13.3 Å². The normalized spacial score (nSPS) is 10.5. The highest BCUT2D eigenvalue weighted by molar-refractivity contribution is 7.80. The first kappa shape index (κ1) is 18.1. The number of nitrogens with one attached hydrogen (secondary N) is 2. The minimum absolute atomic E-state index is 0.210. The summed E-state index contributed by atoms with van der Waals surface area (Å²) in [5, 5.41) is 7.92. The van der Waals surface area contributed by atoms with Crippen molar-refractivity contribution in [3.8, 4) is 5.75 Å². The molecule has 0 saturated carbocycles. The first-order chi connectivity index (χ1) is 12.7. The number of pyridine rings is 1. The number of nitrogens with zero attached hydrogens (tertiary/aromatic N) is 1. The van der Waals surface area contributed by atoms with Crippen LogP contribution >= 0.6 is 12.2 Å². The summed E-state index contributed by atoms with van der Waals surface area (Å²) in [6, 6.07) is 14.2. The van der Waals surface area contributed by atoms with Crippen LogP contribution in [0.25, 0.3) is 10.9 Å². The molecular formula is C20H20FN3OS. The summed E-state index contributed by atoms with van der Waals surface area (Å²) < 4.78 is 18.3. The van der Waals surface area contributed by atoms with Gasteiger partial charge in [-0.1, -0.05) is 12.1 Å². The second kappa shape index (κ2) is 8.58. The van der Waals surface area contributed by atoms with Crippen LogP contribution in [0.5, 0.6) is 5.75 Å². The molecule has 2 N–H and O–H groups in total. The van der Waals surface area contributed by atoms with Crippen molar-refractivity contribution in [2.45, 2.75) is 12.8 Å². The molecule has 3 rings (SSSR count). The summed E-state index contributed by atoms with van der Waals surface area (Å²) >= 11 is 5.38. The molecule has 0 aliphatic rings. The topological polar surface area (TPSA) is 46.2 Å². The average Bonchev–Trinajstić information content (AvgIpc) is 2.67. The van der Waals surface area contributed by atoms with Gasteiger partial charge in [-0.2, -0.15) is 0 Å². The molecule has 1 heterocycles. The van der Waals surface area contributed by atoms with E-state index in [-0.39, 0.29) is 5.82 Å². The van der Waals surface area contributed by atoms with Gasteiger partial charge in [-0.3, -0.25) is 4.98 Å². The lowest BCUT2D eigenvalue weighted by Crippen LogP contribution is -2.29. The van der Waals surface area contributed by atoms with Gasteiger partial charge in [-0.15, -0.1) is 0 Å². The smallest absolute Gasteiger partial charge is 0.170 e. The predicted octanol–water partition coefficient (Wildman–Crippen LogP) is 4.30. The molecule has 0 aliphatic carbocycles. The molecule has 2 aromatic carbocycles. The van der Waals surface area contributed by atoms with E-state index in [4.69, 9.17) is 17.0 Å². The third-order valence-corrected chi connectivity index (χ3v) is 4.29. The van der Waals surface area contributed by atoms with Gasteiger partial charge in [0.05, 0.1) is 7.11 Å². The highest BCUT2D eigenvalue weighted by Crippen LogP contribution is 2.29. The van der Waals surface area contributed by atoms with Crippen LogP contribution in [0, 0.1) is 5.82 Å². The number of aromatic nitrogens is 1. The van der Waals surface area contributed by atoms with Crippen molar-refractivity contribution in [1.29, 1.82) is 0 Å². The van der Waals surface area contributed by atoms with Gasteiger partial charge >= 0.3 is 0 Å². The summed E-state index contributed by atoms with van der Waals surface area (Å²) in [5.41, 5.74) is 2.78. The molecule has 0 saturated heterocycles. The Bertz CT molecular complexity index is 899. The number of aryl methyl sites for hydroxylation is 1. The summed E-state index contributed by atoms with van der Waals surface area (Å²) in [4.78, 5) is 4.38. The number of rotatable bonds is 6. The zero-order valence-electron chi connectivity index (χ0n) is 14.5. The van der Waals surface area contributed by atoms with E-state index in [0.717, 1.165) is 47.3 Å². The van der Waals surface area contributed by atoms with Crippen LogP contribution in [0.4, 0.5) is 10.1 Å². The molecule has 0 unspecified atom stereocenters. The summed E-state index contributed by atoms with van der Waals surface area (Å²) in [7, 11) is 1.63. The van der Waals surface area contributed by atoms with Gasteiger partial charge in [0.15, 0.2) is 5.11 Å². The number of methoxy groups -OCH3 is 1. The standard InChI is InChI=1S/C20H20FN3OS/c1-25-18-11-10-17(16-5-3-12-22-19(16)18)24-20(26)23-13-2-4-14-6-8-15(21)9-7-14/h3,5-12H,2,4,13H2,1H3,(H2,23,24,26). The van der Waals surface area contributed by atoms with Gasteiger partial charge < -0.3 is 15.4 Å². The fourth-order valence-electron chi connectivity index (χ4n) is 2.73. The van der Waals surface area contributed by atoms with Crippen molar-refractivity contribution in [3.05, 3.63) is 66.1 Å². The third-order valence-electron chi connectivity index (χ3n) is 4.04. The predicted molar refractivity (Wildman–Crippen MR) is 107 cm³/mol. The van der Waals surface area contributed by atoms with Crippen LogP contribution in [0.2, 0.25) is 0 Å². The van der Waals surface area contributed by atoms with Gasteiger partial charge in [0, 0.05) is 23.8 Å². The Kier molecular flexibility index (Phi) is 5.96. The molecule has 134 valence electrons. The minimum Gasteiger partial charge on any atom is -0.494 e. The third kappa shape index (κ3) is 4.46. The van der Waals surface area contributed by atoms with Crippen molar-refractivity contribution in [2.75, 3.05) is 19.0 Å². The lowest BCUT2D eigenvalue weighted by atomic mass is 10.1. The van der Waals surface area contributed by atoms with Crippen molar-refractivity contribution >= 4 is 33.9 Å². The van der Waals surface area contributed by atoms with Gasteiger partial charge in [-0.25, -0.2) is 4.39 Å². The van der Waals surface area contributed by atoms with E-state index >= 15 is 0 Å². The van der Waals surface area contributed by atoms with Crippen LogP contribution in [-0.2, 0) is 6.42 Å². The van der Waals surface area contributed by atoms with Crippen molar-refractivity contribution in [2.24, 2.45) is 0 Å². The number of halogens is 1. The molecular weight excluding hydrogens is 349 g/mol. The molecule has 4 nitrogen and oxygen atoms in total. The largest absolute Gasteiger partial charge is 0.494 e. The fourth-order valence-corrected chi connectivity index (χ4v) is 2.94. The first-order valence-corrected chi connectivity index (χ1v) is 8.79. The van der Waals surface area contributed by atoms with Crippen LogP contribution in [-0.4, -0.2) is 23.8 Å². The zero-order chi connectivity index (χ0) is 18.4. The number of hydrogen-bond donors (Lipinski definition) is 2. The Morgan fingerprint density at radius 1 is 1.15 bits per heavy atom. The van der Waals surface area contributed by atoms with E-state index in [0.29, 0.717) is 5.11 Å². The van der Waals surface area contributed by atoms with Crippen LogP contribution in [0.15, 0.2) is 54.7 Å². The molecule has 0 aliphatic heterocycles. The highest BCUT2D eigenvalue weighted by Gasteiger charge is 2.08. The van der Waals surface area contributed by atoms with Gasteiger partial charge in [-0.05, 0) is 67.0 Å². The SMILES string of the molecule is COc1ccc(NC(=S)NCCCc2ccc(F)cc2)c2cccnc12. The number of ether oxygens (including phenoxy) is 1. The Hall–Kier alpha value is -2.73. The Morgan fingerprint density at radius 2 is 1.96 bits per heavy atom.